The van der Waals surface area contributed by atoms with Gasteiger partial charge in [-0.1, -0.05) is 27.7 Å². The molecule has 1 rings (SSSR count). The van der Waals surface area contributed by atoms with Crippen molar-refractivity contribution in [2.45, 2.75) is 53.0 Å². The van der Waals surface area contributed by atoms with E-state index in [1.807, 2.05) is 0 Å². The summed E-state index contributed by atoms with van der Waals surface area (Å²) in [6.45, 7) is 9.49. The lowest BCUT2D eigenvalue weighted by Gasteiger charge is -2.27. The third-order valence-corrected chi connectivity index (χ3v) is 3.02. The van der Waals surface area contributed by atoms with Gasteiger partial charge in [0.25, 0.3) is 0 Å². The highest BCUT2D eigenvalue weighted by Gasteiger charge is 2.20. The Morgan fingerprint density at radius 3 is 2.47 bits per heavy atom. The van der Waals surface area contributed by atoms with Gasteiger partial charge in [0.15, 0.2) is 0 Å². The molecule has 0 heterocycles. The van der Waals surface area contributed by atoms with E-state index < -0.39 is 0 Å². The maximum Gasteiger partial charge on any atom is 0.126 e. The third-order valence-electron chi connectivity index (χ3n) is 3.02. The zero-order valence-electron chi connectivity index (χ0n) is 12.4. The maximum atomic E-state index is 13.7. The van der Waals surface area contributed by atoms with E-state index >= 15 is 0 Å². The Bertz CT molecular complexity index is 396. The SMILES string of the molecule is CCCNC(Cc1cc(F)ccc1F)CC(C)(C)C. The van der Waals surface area contributed by atoms with Crippen LogP contribution >= 0.6 is 0 Å². The average molecular weight is 269 g/mol. The number of rotatable bonds is 6. The molecule has 0 aliphatic heterocycles. The molecule has 0 saturated heterocycles. The smallest absolute Gasteiger partial charge is 0.126 e. The summed E-state index contributed by atoms with van der Waals surface area (Å²) in [5.74, 6) is -0.694. The Balaban J connectivity index is 2.78. The highest BCUT2D eigenvalue weighted by molar-refractivity contribution is 5.19. The summed E-state index contributed by atoms with van der Waals surface area (Å²) in [5, 5.41) is 3.43. The van der Waals surface area contributed by atoms with Gasteiger partial charge in [-0.25, -0.2) is 8.78 Å². The molecule has 0 aliphatic rings. The van der Waals surface area contributed by atoms with Crippen LogP contribution in [0.3, 0.4) is 0 Å². The molecule has 0 aliphatic carbocycles. The van der Waals surface area contributed by atoms with Crippen molar-refractivity contribution in [2.24, 2.45) is 5.41 Å². The van der Waals surface area contributed by atoms with Crippen molar-refractivity contribution in [1.82, 2.24) is 5.32 Å². The number of hydrogen-bond donors (Lipinski definition) is 1. The van der Waals surface area contributed by atoms with E-state index in [1.165, 1.54) is 12.1 Å². The quantitative estimate of drug-likeness (QED) is 0.811. The summed E-state index contributed by atoms with van der Waals surface area (Å²) in [7, 11) is 0. The van der Waals surface area contributed by atoms with Gasteiger partial charge < -0.3 is 5.32 Å². The second kappa shape index (κ2) is 6.99. The van der Waals surface area contributed by atoms with Crippen LogP contribution in [-0.4, -0.2) is 12.6 Å². The normalized spacial score (nSPS) is 13.6. The van der Waals surface area contributed by atoms with Gasteiger partial charge in [0, 0.05) is 6.04 Å². The zero-order valence-corrected chi connectivity index (χ0v) is 12.4. The molecule has 0 radical (unpaired) electrons. The lowest BCUT2D eigenvalue weighted by molar-refractivity contribution is 0.305. The van der Waals surface area contributed by atoms with E-state index in [-0.39, 0.29) is 23.1 Å². The molecule has 1 atom stereocenters. The van der Waals surface area contributed by atoms with E-state index in [0.29, 0.717) is 12.0 Å². The molecule has 3 heteroatoms. The van der Waals surface area contributed by atoms with E-state index in [4.69, 9.17) is 0 Å². The van der Waals surface area contributed by atoms with Crippen molar-refractivity contribution >= 4 is 0 Å². The highest BCUT2D eigenvalue weighted by atomic mass is 19.1. The van der Waals surface area contributed by atoms with E-state index in [1.54, 1.807) is 0 Å². The molecule has 0 aromatic heterocycles. The third kappa shape index (κ3) is 6.15. The van der Waals surface area contributed by atoms with E-state index in [0.717, 1.165) is 25.5 Å². The number of hydrogen-bond acceptors (Lipinski definition) is 1. The van der Waals surface area contributed by atoms with Gasteiger partial charge in [0.1, 0.15) is 11.6 Å². The summed E-state index contributed by atoms with van der Waals surface area (Å²) in [5.41, 5.74) is 0.618. The van der Waals surface area contributed by atoms with Crippen molar-refractivity contribution < 1.29 is 8.78 Å². The minimum absolute atomic E-state index is 0.162. The van der Waals surface area contributed by atoms with Crippen LogP contribution in [0, 0.1) is 17.0 Å². The topological polar surface area (TPSA) is 12.0 Å². The van der Waals surface area contributed by atoms with E-state index in [9.17, 15) is 8.78 Å². The van der Waals surface area contributed by atoms with Crippen molar-refractivity contribution in [1.29, 1.82) is 0 Å². The van der Waals surface area contributed by atoms with Gasteiger partial charge in [0.2, 0.25) is 0 Å². The molecule has 1 nitrogen and oxygen atoms in total. The van der Waals surface area contributed by atoms with Gasteiger partial charge in [-0.3, -0.25) is 0 Å². The molecule has 108 valence electrons. The molecule has 1 aromatic carbocycles. The first kappa shape index (κ1) is 16.1. The molecule has 0 saturated carbocycles. The lowest BCUT2D eigenvalue weighted by Crippen LogP contribution is -2.35. The van der Waals surface area contributed by atoms with Crippen molar-refractivity contribution in [3.63, 3.8) is 0 Å². The van der Waals surface area contributed by atoms with Crippen LogP contribution in [0.2, 0.25) is 0 Å². The van der Waals surface area contributed by atoms with Crippen molar-refractivity contribution in [2.75, 3.05) is 6.54 Å². The second-order valence-electron chi connectivity index (χ2n) is 6.36. The molecule has 19 heavy (non-hydrogen) atoms. The molecule has 0 fully saturated rings. The number of benzene rings is 1. The minimum atomic E-state index is -0.374. The summed E-state index contributed by atoms with van der Waals surface area (Å²) >= 11 is 0. The summed E-state index contributed by atoms with van der Waals surface area (Å²) in [6, 6.07) is 3.85. The number of nitrogens with one attached hydrogen (secondary N) is 1. The van der Waals surface area contributed by atoms with Crippen LogP contribution in [0.1, 0.15) is 46.1 Å². The van der Waals surface area contributed by atoms with Gasteiger partial charge in [-0.15, -0.1) is 0 Å². The molecule has 0 bridgehead atoms. The lowest BCUT2D eigenvalue weighted by atomic mass is 9.85. The molecular weight excluding hydrogens is 244 g/mol. The average Bonchev–Trinajstić information content (AvgIpc) is 2.29. The van der Waals surface area contributed by atoms with Crippen LogP contribution < -0.4 is 5.32 Å². The predicted molar refractivity (Wildman–Crippen MR) is 76.2 cm³/mol. The fourth-order valence-corrected chi connectivity index (χ4v) is 2.27. The van der Waals surface area contributed by atoms with Crippen molar-refractivity contribution in [3.05, 3.63) is 35.4 Å². The van der Waals surface area contributed by atoms with Gasteiger partial charge >= 0.3 is 0 Å². The fourth-order valence-electron chi connectivity index (χ4n) is 2.27. The molecule has 0 spiro atoms. The van der Waals surface area contributed by atoms with Gasteiger partial charge in [0.05, 0.1) is 0 Å². The molecular formula is C16H25F2N. The Kier molecular flexibility index (Phi) is 5.92. The van der Waals surface area contributed by atoms with Crippen LogP contribution in [0.5, 0.6) is 0 Å². The summed E-state index contributed by atoms with van der Waals surface area (Å²) in [4.78, 5) is 0. The Labute approximate surface area is 115 Å². The van der Waals surface area contributed by atoms with Crippen LogP contribution in [-0.2, 0) is 6.42 Å². The minimum Gasteiger partial charge on any atom is -0.314 e. The van der Waals surface area contributed by atoms with Crippen LogP contribution in [0.4, 0.5) is 8.78 Å². The summed E-state index contributed by atoms with van der Waals surface area (Å²) < 4.78 is 26.9. The largest absolute Gasteiger partial charge is 0.314 e. The molecule has 1 aromatic rings. The first-order chi connectivity index (χ1) is 8.81. The Morgan fingerprint density at radius 2 is 1.89 bits per heavy atom. The second-order valence-corrected chi connectivity index (χ2v) is 6.36. The van der Waals surface area contributed by atoms with Crippen molar-refractivity contribution in [3.8, 4) is 0 Å². The Morgan fingerprint density at radius 1 is 1.21 bits per heavy atom. The summed E-state index contributed by atoms with van der Waals surface area (Å²) in [6.07, 6.45) is 2.50. The standard InChI is InChI=1S/C16H25F2N/c1-5-8-19-14(11-16(2,3)4)10-12-9-13(17)6-7-15(12)18/h6-7,9,14,19H,5,8,10-11H2,1-4H3. The fraction of sp³-hybridized carbons (Fsp3) is 0.625. The van der Waals surface area contributed by atoms with Crippen LogP contribution in [0.25, 0.3) is 0 Å². The van der Waals surface area contributed by atoms with Gasteiger partial charge in [-0.2, -0.15) is 0 Å². The van der Waals surface area contributed by atoms with Crippen LogP contribution in [0.15, 0.2) is 18.2 Å². The van der Waals surface area contributed by atoms with E-state index in [2.05, 4.69) is 33.0 Å². The van der Waals surface area contributed by atoms with Gasteiger partial charge in [-0.05, 0) is 55.0 Å². The molecule has 1 N–H and O–H groups in total. The first-order valence-corrected chi connectivity index (χ1v) is 6.99. The number of halogens is 2. The Hall–Kier alpha value is -0.960. The monoisotopic (exact) mass is 269 g/mol. The molecule has 0 amide bonds. The first-order valence-electron chi connectivity index (χ1n) is 6.99. The predicted octanol–water partition coefficient (Wildman–Crippen LogP) is 4.31. The zero-order chi connectivity index (χ0) is 14.5. The maximum absolute atomic E-state index is 13.7. The highest BCUT2D eigenvalue weighted by Crippen LogP contribution is 2.23. The molecule has 1 unspecified atom stereocenters.